The SMILES string of the molecule is C[N+](C)(C)Sc1ccc(Oc2cccc(-c3c4nc(cc5ccc([nH]5)c(-c5cccc(Oc6ccc(S[N+](C)(C)C)cc6)c5)c5nc(cc6ccc3[nH]6)C=C5)C=C4)c2)cc1.[I-].[I-]. The number of H-pyrrole nitrogens is 2. The predicted octanol–water partition coefficient (Wildman–Crippen LogP) is 7.01. The Balaban J connectivity index is 0.00000289. The average Bonchev–Trinajstić information content (AvgIpc) is 4.04. The minimum Gasteiger partial charge on any atom is -1.00 e. The van der Waals surface area contributed by atoms with Crippen molar-refractivity contribution in [2.75, 3.05) is 42.3 Å². The number of aromatic amines is 2. The number of benzene rings is 4. The molecule has 5 heterocycles. The van der Waals surface area contributed by atoms with E-state index in [0.29, 0.717) is 0 Å². The van der Waals surface area contributed by atoms with E-state index < -0.39 is 0 Å². The Labute approximate surface area is 405 Å². The van der Waals surface area contributed by atoms with Crippen molar-refractivity contribution < 1.29 is 65.2 Å². The van der Waals surface area contributed by atoms with Crippen molar-refractivity contribution in [2.24, 2.45) is 0 Å². The van der Waals surface area contributed by atoms with Gasteiger partial charge >= 0.3 is 0 Å². The molecule has 0 saturated carbocycles. The minimum atomic E-state index is 0. The Morgan fingerprint density at radius 1 is 0.435 bits per heavy atom. The molecule has 8 nitrogen and oxygen atoms in total. The number of nitrogens with zero attached hydrogens (tertiary/aromatic N) is 4. The highest BCUT2D eigenvalue weighted by atomic mass is 127. The average molecular weight is 1080 g/mol. The number of quaternary nitrogens is 2. The first kappa shape index (κ1) is 45.2. The molecule has 8 bridgehead atoms. The van der Waals surface area contributed by atoms with Gasteiger partial charge in [0.2, 0.25) is 0 Å². The Kier molecular flexibility index (Phi) is 13.8. The lowest BCUT2D eigenvalue weighted by Crippen LogP contribution is -3.00. The lowest BCUT2D eigenvalue weighted by atomic mass is 10.0. The summed E-state index contributed by atoms with van der Waals surface area (Å²) in [6.45, 7) is 0. The van der Waals surface area contributed by atoms with Gasteiger partial charge in [-0.3, -0.25) is 7.78 Å². The highest BCUT2D eigenvalue weighted by Crippen LogP contribution is 2.37. The second kappa shape index (κ2) is 18.9. The van der Waals surface area contributed by atoms with Crippen LogP contribution in [-0.4, -0.2) is 70.0 Å². The van der Waals surface area contributed by atoms with Crippen LogP contribution in [0.3, 0.4) is 0 Å². The van der Waals surface area contributed by atoms with Crippen LogP contribution in [0.1, 0.15) is 22.8 Å². The normalized spacial score (nSPS) is 12.1. The van der Waals surface area contributed by atoms with Gasteiger partial charge in [-0.15, -0.1) is 0 Å². The molecule has 0 spiro atoms. The lowest BCUT2D eigenvalue weighted by Gasteiger charge is -2.20. The summed E-state index contributed by atoms with van der Waals surface area (Å²) in [5.74, 6) is 3.06. The highest BCUT2D eigenvalue weighted by Gasteiger charge is 2.16. The van der Waals surface area contributed by atoms with Crippen LogP contribution in [0.2, 0.25) is 0 Å². The van der Waals surface area contributed by atoms with E-state index >= 15 is 0 Å². The molecule has 2 aliphatic rings. The summed E-state index contributed by atoms with van der Waals surface area (Å²) in [6, 6.07) is 45.4. The van der Waals surface area contributed by atoms with E-state index in [2.05, 4.69) is 161 Å². The van der Waals surface area contributed by atoms with Crippen LogP contribution in [0.15, 0.2) is 143 Å². The van der Waals surface area contributed by atoms with Crippen molar-refractivity contribution >= 4 is 70.3 Å². The molecule has 0 fully saturated rings. The first-order valence-corrected chi connectivity index (χ1v) is 21.3. The van der Waals surface area contributed by atoms with E-state index in [0.717, 1.165) is 97.9 Å². The topological polar surface area (TPSA) is 75.8 Å². The lowest BCUT2D eigenvalue weighted by molar-refractivity contribution is -0.726. The zero-order valence-corrected chi connectivity index (χ0v) is 41.1. The fourth-order valence-corrected chi connectivity index (χ4v) is 8.93. The van der Waals surface area contributed by atoms with Crippen molar-refractivity contribution in [3.63, 3.8) is 0 Å². The standard InChI is InChI=1S/C50H46N6O2S2.2HI/c1-55(2,3)59-43-21-17-39(18-22-43)57-41-11-7-9-33(29-41)49-45-25-13-35(51-45)31-37-15-27-47(53-37)50(48-28-16-38(54-48)32-36-14-26-46(49)52-36)34-10-8-12-42(30-34)58-40-19-23-44(24-20-40)60-56(4,5)6;;/h7-32,51,54H,1-6H3;2*1H/q+2;;/p-2. The second-order valence-electron chi connectivity index (χ2n) is 16.4. The molecule has 62 heavy (non-hydrogen) atoms. The number of fused-ring (bicyclic) bond motifs is 8. The maximum atomic E-state index is 6.39. The van der Waals surface area contributed by atoms with E-state index in [1.165, 1.54) is 9.79 Å². The molecular weight excluding hydrogens is 1030 g/mol. The van der Waals surface area contributed by atoms with E-state index in [4.69, 9.17) is 19.4 Å². The molecule has 0 amide bonds. The van der Waals surface area contributed by atoms with Crippen LogP contribution in [0.4, 0.5) is 0 Å². The van der Waals surface area contributed by atoms with Crippen LogP contribution >= 0.6 is 23.9 Å². The minimum absolute atomic E-state index is 0. The van der Waals surface area contributed by atoms with Crippen molar-refractivity contribution in [1.82, 2.24) is 19.9 Å². The van der Waals surface area contributed by atoms with Gasteiger partial charge in [-0.05, 0) is 145 Å². The zero-order chi connectivity index (χ0) is 41.4. The monoisotopic (exact) mass is 1080 g/mol. The van der Waals surface area contributed by atoms with E-state index in [1.807, 2.05) is 48.5 Å². The summed E-state index contributed by atoms with van der Waals surface area (Å²) < 4.78 is 14.3. The van der Waals surface area contributed by atoms with Crippen LogP contribution in [0.5, 0.6) is 23.0 Å². The van der Waals surface area contributed by atoms with Gasteiger partial charge in [-0.2, -0.15) is 0 Å². The number of hydrogen-bond donors (Lipinski definition) is 2. The van der Waals surface area contributed by atoms with Gasteiger partial charge in [-0.25, -0.2) is 9.97 Å². The molecule has 0 unspecified atom stereocenters. The maximum absolute atomic E-state index is 6.39. The smallest absolute Gasteiger partial charge is 0.128 e. The Morgan fingerprint density at radius 2 is 0.839 bits per heavy atom. The number of aromatic nitrogens is 4. The molecule has 4 aromatic carbocycles. The third kappa shape index (κ3) is 11.0. The van der Waals surface area contributed by atoms with Gasteiger partial charge in [0.15, 0.2) is 0 Å². The molecule has 2 aliphatic heterocycles. The number of halogens is 2. The van der Waals surface area contributed by atoms with Gasteiger partial charge in [-0.1, -0.05) is 24.3 Å². The van der Waals surface area contributed by atoms with Gasteiger partial charge in [0, 0.05) is 33.2 Å². The summed E-state index contributed by atoms with van der Waals surface area (Å²) in [7, 11) is 12.9. The molecule has 0 radical (unpaired) electrons. The first-order chi connectivity index (χ1) is 28.9. The van der Waals surface area contributed by atoms with E-state index in [1.54, 1.807) is 23.9 Å². The quantitative estimate of drug-likeness (QED) is 0.0874. The fraction of sp³-hybridized carbons (Fsp3) is 0.120. The molecule has 0 aliphatic carbocycles. The summed E-state index contributed by atoms with van der Waals surface area (Å²) in [4.78, 5) is 20.0. The summed E-state index contributed by atoms with van der Waals surface area (Å²) >= 11 is 3.56. The molecule has 2 N–H and O–H groups in total. The predicted molar refractivity (Wildman–Crippen MR) is 251 cm³/mol. The zero-order valence-electron chi connectivity index (χ0n) is 35.2. The largest absolute Gasteiger partial charge is 1.00 e. The molecule has 12 heteroatoms. The number of hydrogen-bond acceptors (Lipinski definition) is 6. The van der Waals surface area contributed by atoms with Gasteiger partial charge in [0.25, 0.3) is 0 Å². The van der Waals surface area contributed by atoms with Crippen LogP contribution in [0, 0.1) is 0 Å². The molecule has 9 rings (SSSR count). The molecule has 314 valence electrons. The van der Waals surface area contributed by atoms with Crippen LogP contribution in [-0.2, 0) is 0 Å². The van der Waals surface area contributed by atoms with Gasteiger partial charge < -0.3 is 67.4 Å². The third-order valence-corrected chi connectivity index (χ3v) is 11.6. The van der Waals surface area contributed by atoms with E-state index in [9.17, 15) is 0 Å². The first-order valence-electron chi connectivity index (χ1n) is 19.8. The summed E-state index contributed by atoms with van der Waals surface area (Å²) in [5.41, 5.74) is 11.1. The van der Waals surface area contributed by atoms with Crippen molar-refractivity contribution in [3.8, 4) is 45.3 Å². The van der Waals surface area contributed by atoms with Gasteiger partial charge in [0.1, 0.15) is 46.9 Å². The maximum Gasteiger partial charge on any atom is 0.128 e. The highest BCUT2D eigenvalue weighted by molar-refractivity contribution is 7.94. The molecule has 0 atom stereocenters. The second-order valence-corrected chi connectivity index (χ2v) is 19.9. The molecule has 3 aromatic heterocycles. The summed E-state index contributed by atoms with van der Waals surface area (Å²) in [6.07, 6.45) is 8.27. The number of ether oxygens (including phenoxy) is 2. The van der Waals surface area contributed by atoms with Crippen molar-refractivity contribution in [3.05, 3.63) is 156 Å². The van der Waals surface area contributed by atoms with Crippen molar-refractivity contribution in [1.29, 1.82) is 0 Å². The Morgan fingerprint density at radius 3 is 1.23 bits per heavy atom. The van der Waals surface area contributed by atoms with E-state index in [-0.39, 0.29) is 48.0 Å². The van der Waals surface area contributed by atoms with Crippen molar-refractivity contribution in [2.45, 2.75) is 9.79 Å². The summed E-state index contributed by atoms with van der Waals surface area (Å²) in [5, 5.41) is 0. The number of rotatable bonds is 10. The molecule has 0 saturated heterocycles. The Hall–Kier alpha value is -4.84. The molecule has 7 aromatic rings. The van der Waals surface area contributed by atoms with Crippen LogP contribution in [0.25, 0.3) is 68.6 Å². The van der Waals surface area contributed by atoms with Gasteiger partial charge in [0.05, 0.1) is 74.9 Å². The Bertz CT molecular complexity index is 2760. The molecular formula is C50H46I2N6O2S2. The number of nitrogens with one attached hydrogen (secondary N) is 2. The van der Waals surface area contributed by atoms with Crippen LogP contribution < -0.4 is 57.4 Å². The fourth-order valence-electron chi connectivity index (χ4n) is 7.15. The third-order valence-electron chi connectivity index (χ3n) is 9.52.